The summed E-state index contributed by atoms with van der Waals surface area (Å²) in [6.07, 6.45) is 15.9. The van der Waals surface area contributed by atoms with Gasteiger partial charge in [-0.3, -0.25) is 0 Å². The number of hydrogen-bond donors (Lipinski definition) is 0. The second-order valence-electron chi connectivity index (χ2n) is 6.88. The van der Waals surface area contributed by atoms with Crippen LogP contribution in [0.1, 0.15) is 77.6 Å². The SMILES string of the molecule is CCN(CCCCCN1CCCCC1)C1CCCCC1. The topological polar surface area (TPSA) is 6.48 Å². The molecule has 1 saturated carbocycles. The maximum atomic E-state index is 2.76. The summed E-state index contributed by atoms with van der Waals surface area (Å²) in [6.45, 7) is 9.04. The van der Waals surface area contributed by atoms with Crippen molar-refractivity contribution in [2.24, 2.45) is 0 Å². The zero-order valence-electron chi connectivity index (χ0n) is 13.8. The highest BCUT2D eigenvalue weighted by molar-refractivity contribution is 4.75. The molecular formula is C18H36N2. The van der Waals surface area contributed by atoms with Crippen molar-refractivity contribution >= 4 is 0 Å². The van der Waals surface area contributed by atoms with Gasteiger partial charge in [-0.2, -0.15) is 0 Å². The number of hydrogen-bond acceptors (Lipinski definition) is 2. The molecule has 1 heterocycles. The highest BCUT2D eigenvalue weighted by Gasteiger charge is 2.19. The number of nitrogens with zero attached hydrogens (tertiary/aromatic N) is 2. The molecule has 0 radical (unpaired) electrons. The van der Waals surface area contributed by atoms with E-state index < -0.39 is 0 Å². The molecule has 0 N–H and O–H groups in total. The molecule has 1 saturated heterocycles. The Kier molecular flexibility index (Phi) is 7.97. The van der Waals surface area contributed by atoms with Gasteiger partial charge in [-0.15, -0.1) is 0 Å². The zero-order chi connectivity index (χ0) is 14.0. The van der Waals surface area contributed by atoms with Crippen LogP contribution in [0.2, 0.25) is 0 Å². The van der Waals surface area contributed by atoms with Crippen molar-refractivity contribution in [3.8, 4) is 0 Å². The van der Waals surface area contributed by atoms with Gasteiger partial charge in [0.2, 0.25) is 0 Å². The van der Waals surface area contributed by atoms with Crippen LogP contribution < -0.4 is 0 Å². The van der Waals surface area contributed by atoms with Crippen LogP contribution in [0.15, 0.2) is 0 Å². The number of unbranched alkanes of at least 4 members (excludes halogenated alkanes) is 2. The smallest absolute Gasteiger partial charge is 0.00951 e. The Morgan fingerprint density at radius 1 is 0.850 bits per heavy atom. The molecule has 0 aromatic rings. The number of piperidine rings is 1. The third-order valence-corrected chi connectivity index (χ3v) is 5.37. The molecule has 2 aliphatic rings. The summed E-state index contributed by atoms with van der Waals surface area (Å²) in [7, 11) is 0. The van der Waals surface area contributed by atoms with E-state index in [1.54, 1.807) is 0 Å². The van der Waals surface area contributed by atoms with E-state index in [-0.39, 0.29) is 0 Å². The first kappa shape index (κ1) is 16.3. The van der Waals surface area contributed by atoms with E-state index >= 15 is 0 Å². The lowest BCUT2D eigenvalue weighted by molar-refractivity contribution is 0.159. The summed E-state index contributed by atoms with van der Waals surface area (Å²) in [6, 6.07) is 0.913. The van der Waals surface area contributed by atoms with Crippen LogP contribution in [0, 0.1) is 0 Å². The van der Waals surface area contributed by atoms with Gasteiger partial charge in [0.25, 0.3) is 0 Å². The maximum absolute atomic E-state index is 2.76. The first-order chi connectivity index (χ1) is 9.90. The van der Waals surface area contributed by atoms with Crippen molar-refractivity contribution in [1.29, 1.82) is 0 Å². The molecule has 0 spiro atoms. The first-order valence-corrected chi connectivity index (χ1v) is 9.36. The van der Waals surface area contributed by atoms with E-state index in [0.29, 0.717) is 0 Å². The predicted octanol–water partition coefficient (Wildman–Crippen LogP) is 4.30. The Hall–Kier alpha value is -0.0800. The molecule has 20 heavy (non-hydrogen) atoms. The Morgan fingerprint density at radius 3 is 2.25 bits per heavy atom. The average molecular weight is 280 g/mol. The van der Waals surface area contributed by atoms with Gasteiger partial charge in [0.05, 0.1) is 0 Å². The van der Waals surface area contributed by atoms with Crippen LogP contribution in [0.4, 0.5) is 0 Å². The van der Waals surface area contributed by atoms with Crippen molar-refractivity contribution in [3.05, 3.63) is 0 Å². The van der Waals surface area contributed by atoms with E-state index in [2.05, 4.69) is 16.7 Å². The van der Waals surface area contributed by atoms with Crippen LogP contribution in [-0.4, -0.2) is 48.6 Å². The van der Waals surface area contributed by atoms with Crippen molar-refractivity contribution < 1.29 is 0 Å². The summed E-state index contributed by atoms with van der Waals surface area (Å²) in [5.74, 6) is 0. The third-order valence-electron chi connectivity index (χ3n) is 5.37. The summed E-state index contributed by atoms with van der Waals surface area (Å²) < 4.78 is 0. The fourth-order valence-corrected chi connectivity index (χ4v) is 4.06. The van der Waals surface area contributed by atoms with Gasteiger partial charge in [-0.1, -0.05) is 39.0 Å². The molecule has 0 atom stereocenters. The van der Waals surface area contributed by atoms with Gasteiger partial charge in [0.15, 0.2) is 0 Å². The average Bonchev–Trinajstić information content (AvgIpc) is 2.53. The fourth-order valence-electron chi connectivity index (χ4n) is 4.06. The molecule has 2 nitrogen and oxygen atoms in total. The Morgan fingerprint density at radius 2 is 1.55 bits per heavy atom. The minimum atomic E-state index is 0.913. The molecular weight excluding hydrogens is 244 g/mol. The van der Waals surface area contributed by atoms with Crippen molar-refractivity contribution in [3.63, 3.8) is 0 Å². The third kappa shape index (κ3) is 5.73. The largest absolute Gasteiger partial charge is 0.303 e. The van der Waals surface area contributed by atoms with Gasteiger partial charge in [0, 0.05) is 6.04 Å². The van der Waals surface area contributed by atoms with Gasteiger partial charge in [0.1, 0.15) is 0 Å². The summed E-state index contributed by atoms with van der Waals surface area (Å²) >= 11 is 0. The summed E-state index contributed by atoms with van der Waals surface area (Å²) in [5, 5.41) is 0. The molecule has 2 heteroatoms. The lowest BCUT2D eigenvalue weighted by atomic mass is 9.94. The van der Waals surface area contributed by atoms with Crippen LogP contribution in [-0.2, 0) is 0 Å². The standard InChI is InChI=1S/C18H36N2/c1-2-20(18-12-6-3-7-13-18)17-11-5-10-16-19-14-8-4-9-15-19/h18H,2-17H2,1H3. The molecule has 2 rings (SSSR count). The van der Waals surface area contributed by atoms with Gasteiger partial charge in [-0.05, 0) is 71.2 Å². The number of rotatable bonds is 8. The second-order valence-corrected chi connectivity index (χ2v) is 6.88. The molecule has 0 amide bonds. The molecule has 118 valence electrons. The Labute approximate surface area is 126 Å². The molecule has 0 bridgehead atoms. The van der Waals surface area contributed by atoms with Crippen molar-refractivity contribution in [1.82, 2.24) is 9.80 Å². The van der Waals surface area contributed by atoms with E-state index in [9.17, 15) is 0 Å². The fraction of sp³-hybridized carbons (Fsp3) is 1.00. The van der Waals surface area contributed by atoms with Crippen molar-refractivity contribution in [2.75, 3.05) is 32.7 Å². The summed E-state index contributed by atoms with van der Waals surface area (Å²) in [4.78, 5) is 5.45. The molecule has 0 aromatic carbocycles. The lowest BCUT2D eigenvalue weighted by Gasteiger charge is -2.33. The van der Waals surface area contributed by atoms with Crippen LogP contribution in [0.5, 0.6) is 0 Å². The molecule has 0 unspecified atom stereocenters. The van der Waals surface area contributed by atoms with E-state index in [1.165, 1.54) is 103 Å². The van der Waals surface area contributed by atoms with E-state index in [0.717, 1.165) is 6.04 Å². The predicted molar refractivity (Wildman–Crippen MR) is 88.3 cm³/mol. The molecule has 2 fully saturated rings. The second kappa shape index (κ2) is 9.78. The molecule has 1 aliphatic heterocycles. The van der Waals surface area contributed by atoms with Crippen LogP contribution >= 0.6 is 0 Å². The van der Waals surface area contributed by atoms with E-state index in [1.807, 2.05) is 0 Å². The minimum Gasteiger partial charge on any atom is -0.303 e. The zero-order valence-corrected chi connectivity index (χ0v) is 13.8. The van der Waals surface area contributed by atoms with E-state index in [4.69, 9.17) is 0 Å². The highest BCUT2D eigenvalue weighted by Crippen LogP contribution is 2.22. The highest BCUT2D eigenvalue weighted by atomic mass is 15.1. The van der Waals surface area contributed by atoms with Crippen LogP contribution in [0.25, 0.3) is 0 Å². The quantitative estimate of drug-likeness (QED) is 0.612. The lowest BCUT2D eigenvalue weighted by Crippen LogP contribution is -2.37. The normalized spacial score (nSPS) is 22.5. The summed E-state index contributed by atoms with van der Waals surface area (Å²) in [5.41, 5.74) is 0. The van der Waals surface area contributed by atoms with Gasteiger partial charge >= 0.3 is 0 Å². The minimum absolute atomic E-state index is 0.913. The van der Waals surface area contributed by atoms with Crippen LogP contribution in [0.3, 0.4) is 0 Å². The number of likely N-dealkylation sites (tertiary alicyclic amines) is 1. The first-order valence-electron chi connectivity index (χ1n) is 9.36. The van der Waals surface area contributed by atoms with Gasteiger partial charge in [-0.25, -0.2) is 0 Å². The molecule has 0 aromatic heterocycles. The monoisotopic (exact) mass is 280 g/mol. The van der Waals surface area contributed by atoms with Gasteiger partial charge < -0.3 is 9.80 Å². The maximum Gasteiger partial charge on any atom is 0.00951 e. The Balaban J connectivity index is 1.52. The van der Waals surface area contributed by atoms with Crippen molar-refractivity contribution in [2.45, 2.75) is 83.6 Å². The Bertz CT molecular complexity index is 230. The molecule has 1 aliphatic carbocycles.